The van der Waals surface area contributed by atoms with Crippen LogP contribution in [0.3, 0.4) is 0 Å². The number of phosphoric ester groups is 1. The van der Waals surface area contributed by atoms with E-state index in [-0.39, 0.29) is 38.8 Å². The number of rotatable bonds is 41. The third-order valence-corrected chi connectivity index (χ3v) is 10.6. The molecule has 0 rings (SSSR count). The van der Waals surface area contributed by atoms with Crippen molar-refractivity contribution < 1.29 is 52.9 Å². The van der Waals surface area contributed by atoms with Gasteiger partial charge in [0, 0.05) is 19.4 Å². The summed E-state index contributed by atoms with van der Waals surface area (Å²) in [6, 6.07) is 0. The Morgan fingerprint density at radius 3 is 1.62 bits per heavy atom. The first-order chi connectivity index (χ1) is 28.0. The van der Waals surface area contributed by atoms with E-state index in [0.717, 1.165) is 44.9 Å². The number of carbonyl (C=O) groups is 2. The van der Waals surface area contributed by atoms with Gasteiger partial charge in [0.15, 0.2) is 6.10 Å². The van der Waals surface area contributed by atoms with Gasteiger partial charge in [0.05, 0.1) is 31.5 Å². The molecule has 0 aliphatic rings. The maximum Gasteiger partial charge on any atom is 0.472 e. The minimum atomic E-state index is -4.46. The topological polar surface area (TPSA) is 195 Å². The Labute approximate surface area is 351 Å². The molecule has 0 bridgehead atoms. The van der Waals surface area contributed by atoms with Gasteiger partial charge >= 0.3 is 19.8 Å². The average Bonchev–Trinajstić information content (AvgIpc) is 3.20. The molecule has 6 N–H and O–H groups in total. The summed E-state index contributed by atoms with van der Waals surface area (Å²) in [5.74, 6) is -1.16. The molecule has 0 aliphatic carbocycles. The summed E-state index contributed by atoms with van der Waals surface area (Å²) >= 11 is 0. The summed E-state index contributed by atoms with van der Waals surface area (Å²) in [6.45, 7) is 3.24. The van der Waals surface area contributed by atoms with Crippen molar-refractivity contribution in [3.63, 3.8) is 0 Å². The number of aliphatic hydroxyl groups is 3. The lowest BCUT2D eigenvalue weighted by molar-refractivity contribution is -0.161. The molecular weight excluding hydrogens is 761 g/mol. The van der Waals surface area contributed by atoms with Crippen molar-refractivity contribution in [1.82, 2.24) is 0 Å². The zero-order valence-electron chi connectivity index (χ0n) is 36.1. The van der Waals surface area contributed by atoms with Gasteiger partial charge in [-0.25, -0.2) is 4.57 Å². The summed E-state index contributed by atoms with van der Waals surface area (Å²) in [4.78, 5) is 34.9. The highest BCUT2D eigenvalue weighted by molar-refractivity contribution is 7.47. The van der Waals surface area contributed by atoms with Gasteiger partial charge in [-0.2, -0.15) is 0 Å². The maximum atomic E-state index is 12.6. The lowest BCUT2D eigenvalue weighted by Gasteiger charge is -2.20. The van der Waals surface area contributed by atoms with Crippen LogP contribution in [0.2, 0.25) is 0 Å². The number of carbonyl (C=O) groups excluding carboxylic acids is 2. The number of nitrogens with two attached hydrogens (primary N) is 1. The van der Waals surface area contributed by atoms with Crippen LogP contribution in [0, 0.1) is 0 Å². The molecule has 0 aliphatic heterocycles. The van der Waals surface area contributed by atoms with Gasteiger partial charge in [0.1, 0.15) is 6.61 Å². The molecule has 338 valence electrons. The van der Waals surface area contributed by atoms with Crippen molar-refractivity contribution >= 4 is 19.8 Å². The summed E-state index contributed by atoms with van der Waals surface area (Å²) < 4.78 is 32.6. The molecule has 0 radical (unpaired) electrons. The molecule has 13 heteroatoms. The molecule has 0 aromatic rings. The van der Waals surface area contributed by atoms with Gasteiger partial charge in [-0.3, -0.25) is 18.6 Å². The van der Waals surface area contributed by atoms with Crippen LogP contribution in [0.4, 0.5) is 0 Å². The van der Waals surface area contributed by atoms with Crippen LogP contribution in [-0.4, -0.2) is 82.9 Å². The van der Waals surface area contributed by atoms with Crippen molar-refractivity contribution in [3.8, 4) is 0 Å². The van der Waals surface area contributed by atoms with Crippen molar-refractivity contribution in [2.75, 3.05) is 26.4 Å². The highest BCUT2D eigenvalue weighted by Gasteiger charge is 2.26. The van der Waals surface area contributed by atoms with Crippen molar-refractivity contribution in [2.24, 2.45) is 5.73 Å². The Kier molecular flexibility index (Phi) is 38.8. The van der Waals surface area contributed by atoms with Crippen LogP contribution in [-0.2, 0) is 32.7 Å². The number of unbranched alkanes of at least 4 members (excludes halogenated alkanes) is 18. The smallest absolute Gasteiger partial charge is 0.462 e. The third kappa shape index (κ3) is 38.1. The second kappa shape index (κ2) is 40.3. The Balaban J connectivity index is 4.44. The fourth-order valence-electron chi connectivity index (χ4n) is 6.08. The molecule has 0 fully saturated rings. The highest BCUT2D eigenvalue weighted by atomic mass is 31.2. The van der Waals surface area contributed by atoms with Crippen LogP contribution >= 0.6 is 7.82 Å². The van der Waals surface area contributed by atoms with E-state index in [2.05, 4.69) is 13.8 Å². The van der Waals surface area contributed by atoms with E-state index >= 15 is 0 Å². The van der Waals surface area contributed by atoms with E-state index in [1.165, 1.54) is 89.5 Å². The van der Waals surface area contributed by atoms with E-state index in [4.69, 9.17) is 24.3 Å². The van der Waals surface area contributed by atoms with Gasteiger partial charge in [-0.1, -0.05) is 184 Å². The fourth-order valence-corrected chi connectivity index (χ4v) is 6.84. The predicted molar refractivity (Wildman–Crippen MR) is 233 cm³/mol. The van der Waals surface area contributed by atoms with Gasteiger partial charge in [-0.05, 0) is 25.7 Å². The first kappa shape index (κ1) is 55.9. The molecule has 0 spiro atoms. The average molecular weight is 844 g/mol. The quantitative estimate of drug-likeness (QED) is 0.0170. The Hall–Kier alpha value is -2.15. The van der Waals surface area contributed by atoms with E-state index in [1.54, 1.807) is 42.5 Å². The normalized spacial score (nSPS) is 15.4. The summed E-state index contributed by atoms with van der Waals surface area (Å²) in [6.07, 6.45) is 35.1. The number of hydrogen-bond acceptors (Lipinski definition) is 11. The largest absolute Gasteiger partial charge is 0.472 e. The summed E-state index contributed by atoms with van der Waals surface area (Å²) in [5.41, 5.74) is 5.33. The number of ether oxygens (including phenoxy) is 2. The zero-order chi connectivity index (χ0) is 43.0. The van der Waals surface area contributed by atoms with E-state index in [9.17, 15) is 34.4 Å². The first-order valence-electron chi connectivity index (χ1n) is 22.4. The van der Waals surface area contributed by atoms with Crippen molar-refractivity contribution in [2.45, 2.75) is 199 Å². The molecule has 0 heterocycles. The van der Waals surface area contributed by atoms with Gasteiger partial charge < -0.3 is 35.4 Å². The number of phosphoric acid groups is 1. The number of aliphatic hydroxyl groups excluding tert-OH is 3. The number of allylic oxidation sites excluding steroid dienone is 6. The van der Waals surface area contributed by atoms with Crippen LogP contribution in [0.15, 0.2) is 48.6 Å². The predicted octanol–water partition coefficient (Wildman–Crippen LogP) is 9.63. The second-order valence-electron chi connectivity index (χ2n) is 15.1. The molecule has 0 amide bonds. The SMILES string of the molecule is CCCCCCCCCCCCCCCCCCCC(=O)O[C@H](COC(=O)CCC[C@@H](O)[C@H](O)/C=C/C=C/C=C\C=C\[C@H](O)CCCCC)COP(=O)(O)OCCN. The third-order valence-electron chi connectivity index (χ3n) is 9.58. The molecular formula is C45H82NO11P. The highest BCUT2D eigenvalue weighted by Crippen LogP contribution is 2.43. The Morgan fingerprint density at radius 2 is 1.07 bits per heavy atom. The minimum Gasteiger partial charge on any atom is -0.462 e. The lowest BCUT2D eigenvalue weighted by atomic mass is 10.0. The minimum absolute atomic E-state index is 0.00436. The molecule has 0 aromatic carbocycles. The Bertz CT molecular complexity index is 1150. The van der Waals surface area contributed by atoms with Crippen LogP contribution in [0.25, 0.3) is 0 Å². The van der Waals surface area contributed by atoms with Crippen LogP contribution < -0.4 is 5.73 Å². The molecule has 12 nitrogen and oxygen atoms in total. The van der Waals surface area contributed by atoms with E-state index in [1.807, 2.05) is 0 Å². The standard InChI is InChI=1S/C45H82NO11P/c1-3-5-7-8-9-10-11-12-13-14-15-16-17-18-19-24-28-34-45(51)57-41(39-56-58(52,53)55-37-36-46)38-54-44(50)35-29-33-43(49)42(48)32-27-23-21-20-22-26-31-40(47)30-25-6-4-2/h20-23,26-27,31-32,40-43,47-49H,3-19,24-25,28-30,33-39,46H2,1-2H3,(H,52,53)/b22-20-,23-21+,31-26+,32-27+/t40-,41-,42-,43-/m1/s1. The lowest BCUT2D eigenvalue weighted by Crippen LogP contribution is -2.30. The first-order valence-corrected chi connectivity index (χ1v) is 23.9. The summed E-state index contributed by atoms with van der Waals surface area (Å²) in [5, 5.41) is 30.4. The molecule has 58 heavy (non-hydrogen) atoms. The number of hydrogen-bond donors (Lipinski definition) is 5. The summed E-state index contributed by atoms with van der Waals surface area (Å²) in [7, 11) is -4.46. The zero-order valence-corrected chi connectivity index (χ0v) is 37.0. The molecule has 1 unspecified atom stereocenters. The Morgan fingerprint density at radius 1 is 0.586 bits per heavy atom. The second-order valence-corrected chi connectivity index (χ2v) is 16.6. The number of esters is 2. The van der Waals surface area contributed by atoms with Gasteiger partial charge in [0.2, 0.25) is 0 Å². The van der Waals surface area contributed by atoms with E-state index in [0.29, 0.717) is 6.42 Å². The monoisotopic (exact) mass is 844 g/mol. The van der Waals surface area contributed by atoms with E-state index < -0.39 is 57.4 Å². The van der Waals surface area contributed by atoms with Gasteiger partial charge in [-0.15, -0.1) is 0 Å². The van der Waals surface area contributed by atoms with Crippen molar-refractivity contribution in [1.29, 1.82) is 0 Å². The maximum absolute atomic E-state index is 12.6. The fraction of sp³-hybridized carbons (Fsp3) is 0.778. The molecule has 0 saturated carbocycles. The molecule has 0 saturated heterocycles. The van der Waals surface area contributed by atoms with Crippen LogP contribution in [0.1, 0.15) is 174 Å². The van der Waals surface area contributed by atoms with Crippen molar-refractivity contribution in [3.05, 3.63) is 48.6 Å². The van der Waals surface area contributed by atoms with Gasteiger partial charge in [0.25, 0.3) is 0 Å². The molecule has 5 atom stereocenters. The molecule has 0 aromatic heterocycles. The van der Waals surface area contributed by atoms with Crippen LogP contribution in [0.5, 0.6) is 0 Å².